The Hall–Kier alpha value is -2.33. The number of carbonyl (C=O) groups excluding carboxylic acids is 2. The number of aliphatic hydroxyl groups is 1. The van der Waals surface area contributed by atoms with Crippen molar-refractivity contribution in [2.24, 2.45) is 56.2 Å². The fourth-order valence-corrected chi connectivity index (χ4v) is 14.0. The van der Waals surface area contributed by atoms with E-state index in [2.05, 4.69) is 58.3 Å². The molecule has 4 fully saturated rings. The number of hydrogen-bond donors (Lipinski definition) is 2. The molecule has 0 heterocycles. The van der Waals surface area contributed by atoms with E-state index in [1.165, 1.54) is 5.57 Å². The number of aliphatic hydroxyl groups excluding tert-OH is 1. The first-order valence-electron chi connectivity index (χ1n) is 22.0. The van der Waals surface area contributed by atoms with Crippen molar-refractivity contribution in [1.82, 2.24) is 9.80 Å². The van der Waals surface area contributed by atoms with E-state index in [1.807, 2.05) is 14.1 Å². The summed E-state index contributed by atoms with van der Waals surface area (Å²) in [7, 11) is 4.02. The summed E-state index contributed by atoms with van der Waals surface area (Å²) in [4.78, 5) is 43.5. The highest BCUT2D eigenvalue weighted by Gasteiger charge is 2.71. The van der Waals surface area contributed by atoms with Crippen LogP contribution in [0.15, 0.2) is 29.3 Å². The highest BCUT2D eigenvalue weighted by molar-refractivity contribution is 6.30. The molecule has 4 saturated carbocycles. The van der Waals surface area contributed by atoms with Gasteiger partial charge in [0, 0.05) is 49.0 Å². The number of carbonyl (C=O) groups is 3. The minimum absolute atomic E-state index is 0.00797. The zero-order chi connectivity index (χ0) is 43.0. The number of likely N-dealkylation sites (N-methyl/N-ethyl adjacent to an activating group) is 1. The van der Waals surface area contributed by atoms with Crippen molar-refractivity contribution in [3.63, 3.8) is 0 Å². The summed E-state index contributed by atoms with van der Waals surface area (Å²) in [5.74, 6) is -0.702. The van der Waals surface area contributed by atoms with Gasteiger partial charge in [-0.3, -0.25) is 19.3 Å². The van der Waals surface area contributed by atoms with Crippen molar-refractivity contribution in [3.8, 4) is 0 Å². The first-order valence-corrected chi connectivity index (χ1v) is 22.4. The van der Waals surface area contributed by atoms with Crippen LogP contribution < -0.4 is 0 Å². The number of rotatable bonds is 13. The van der Waals surface area contributed by atoms with Crippen LogP contribution >= 0.6 is 11.6 Å². The largest absolute Gasteiger partial charge is 0.481 e. The van der Waals surface area contributed by atoms with Gasteiger partial charge in [-0.25, -0.2) is 4.39 Å². The summed E-state index contributed by atoms with van der Waals surface area (Å²) in [5, 5.41) is 22.4. The Bertz CT molecular complexity index is 1810. The number of carboxylic acids is 1. The quantitative estimate of drug-likeness (QED) is 0.190. The molecule has 324 valence electrons. The average molecular weight is 828 g/mol. The number of ether oxygens (including phenoxy) is 1. The van der Waals surface area contributed by atoms with Crippen LogP contribution in [0.5, 0.6) is 0 Å². The minimum atomic E-state index is -1.19. The first-order chi connectivity index (χ1) is 26.9. The number of halogens is 2. The Morgan fingerprint density at radius 1 is 0.966 bits per heavy atom. The molecule has 5 aliphatic rings. The molecule has 0 saturated heterocycles. The number of nitrogens with zero attached hydrogens (tertiary/aromatic N) is 2. The van der Waals surface area contributed by atoms with Crippen LogP contribution in [0, 0.1) is 62.0 Å². The number of Topliss-reactive ketones (excluding diaryl/α,β-unsaturated/α-hetero) is 1. The number of hydrogen-bond acceptors (Lipinski definition) is 7. The minimum Gasteiger partial charge on any atom is -0.481 e. The third-order valence-corrected chi connectivity index (χ3v) is 17.5. The molecular formula is C48H72ClFN2O6. The van der Waals surface area contributed by atoms with E-state index >= 15 is 4.39 Å². The predicted molar refractivity (Wildman–Crippen MR) is 227 cm³/mol. The molecule has 8 nitrogen and oxygen atoms in total. The second kappa shape index (κ2) is 15.9. The normalized spacial score (nSPS) is 35.1. The Morgan fingerprint density at radius 2 is 1.66 bits per heavy atom. The number of allylic oxidation sites excluding steroid dienone is 1. The Kier molecular flexibility index (Phi) is 12.4. The van der Waals surface area contributed by atoms with E-state index in [-0.39, 0.29) is 56.8 Å². The van der Waals surface area contributed by atoms with Crippen LogP contribution in [-0.4, -0.2) is 83.7 Å². The molecule has 2 N–H and O–H groups in total. The second-order valence-electron chi connectivity index (χ2n) is 21.8. The van der Waals surface area contributed by atoms with Gasteiger partial charge in [0.05, 0.1) is 23.0 Å². The highest BCUT2D eigenvalue weighted by atomic mass is 35.5. The molecule has 1 unspecified atom stereocenters. The molecule has 6 rings (SSSR count). The van der Waals surface area contributed by atoms with Crippen LogP contribution in [0.25, 0.3) is 0 Å². The monoisotopic (exact) mass is 827 g/mol. The maximum atomic E-state index is 15.3. The van der Waals surface area contributed by atoms with Crippen LogP contribution in [0.2, 0.25) is 5.02 Å². The van der Waals surface area contributed by atoms with Crippen LogP contribution in [0.3, 0.4) is 0 Å². The number of aliphatic carboxylic acids is 1. The van der Waals surface area contributed by atoms with E-state index in [0.29, 0.717) is 43.5 Å². The lowest BCUT2D eigenvalue weighted by Crippen LogP contribution is -2.66. The predicted octanol–water partition coefficient (Wildman–Crippen LogP) is 9.60. The van der Waals surface area contributed by atoms with Gasteiger partial charge < -0.3 is 19.8 Å². The van der Waals surface area contributed by atoms with Gasteiger partial charge in [-0.1, -0.05) is 77.8 Å². The number of ketones is 1. The fourth-order valence-electron chi connectivity index (χ4n) is 13.8. The van der Waals surface area contributed by atoms with E-state index in [0.717, 1.165) is 63.5 Å². The van der Waals surface area contributed by atoms with Gasteiger partial charge in [0.1, 0.15) is 11.9 Å². The Balaban J connectivity index is 1.29. The third-order valence-electron chi connectivity index (χ3n) is 17.2. The number of esters is 1. The van der Waals surface area contributed by atoms with Crippen molar-refractivity contribution < 1.29 is 33.7 Å². The topological polar surface area (TPSA) is 107 Å². The van der Waals surface area contributed by atoms with Gasteiger partial charge in [-0.05, 0) is 131 Å². The molecule has 1 aromatic rings. The molecule has 0 amide bonds. The molecule has 0 radical (unpaired) electrons. The number of fused-ring (bicyclic) bond motifs is 7. The summed E-state index contributed by atoms with van der Waals surface area (Å²) in [6.45, 7) is 21.5. The lowest BCUT2D eigenvalue weighted by molar-refractivity contribution is -0.235. The molecule has 9 atom stereocenters. The Morgan fingerprint density at radius 3 is 2.29 bits per heavy atom. The van der Waals surface area contributed by atoms with Crippen molar-refractivity contribution in [3.05, 3.63) is 45.7 Å². The SMILES string of the molecule is CC(C)C1=C2[C@H]3CC[C@@H]4[C@@]5(C)CC[C@H](OC(=O)CC(C)(C)C(=O)O)C(C)(C)C5CC[C@@]4(C)[C@]3(C)CC[C@@]2([C@@H](O)CN(CCN(C)C)Cc2cccc(Cl)c2F)CC1=O. The van der Waals surface area contributed by atoms with E-state index in [4.69, 9.17) is 16.3 Å². The Labute approximate surface area is 352 Å². The summed E-state index contributed by atoms with van der Waals surface area (Å²) < 4.78 is 21.4. The van der Waals surface area contributed by atoms with Gasteiger partial charge in [0.15, 0.2) is 5.78 Å². The summed E-state index contributed by atoms with van der Waals surface area (Å²) in [5.41, 5.74) is 0.465. The van der Waals surface area contributed by atoms with Gasteiger partial charge >= 0.3 is 11.9 Å². The zero-order valence-electron chi connectivity index (χ0n) is 37.3. The molecule has 58 heavy (non-hydrogen) atoms. The third kappa shape index (κ3) is 7.42. The van der Waals surface area contributed by atoms with Crippen LogP contribution in [0.1, 0.15) is 132 Å². The molecule has 5 aliphatic carbocycles. The molecular weight excluding hydrogens is 755 g/mol. The molecule has 0 bridgehead atoms. The van der Waals surface area contributed by atoms with E-state index < -0.39 is 34.7 Å². The summed E-state index contributed by atoms with van der Waals surface area (Å²) >= 11 is 6.21. The maximum Gasteiger partial charge on any atom is 0.309 e. The van der Waals surface area contributed by atoms with Crippen molar-refractivity contribution >= 4 is 29.3 Å². The summed E-state index contributed by atoms with van der Waals surface area (Å²) in [6.07, 6.45) is 6.52. The highest BCUT2D eigenvalue weighted by Crippen LogP contribution is 2.77. The fraction of sp³-hybridized carbons (Fsp3) is 0.771. The van der Waals surface area contributed by atoms with E-state index in [9.17, 15) is 24.6 Å². The number of carboxylic acid groups (broad SMARTS) is 1. The van der Waals surface area contributed by atoms with Crippen LogP contribution in [-0.2, 0) is 25.7 Å². The lowest BCUT2D eigenvalue weighted by atomic mass is 9.33. The van der Waals surface area contributed by atoms with Gasteiger partial charge in [0.25, 0.3) is 0 Å². The van der Waals surface area contributed by atoms with E-state index in [1.54, 1.807) is 32.0 Å². The summed E-state index contributed by atoms with van der Waals surface area (Å²) in [6, 6.07) is 5.09. The molecule has 0 aromatic heterocycles. The standard InChI is InChI=1S/C48H72ClFN2O6/c1-29(2)39-33(53)25-48(36(54)28-52(24-23-51(10)11)27-30-13-12-14-32(49)41(30)50)22-21-46(8)31(40(39)48)15-16-35-45(7)19-18-37(58-38(55)26-43(3,4)42(56)57)44(5,6)34(45)17-20-47(35,46)9/h12-14,29,31,34-37,54H,15-28H2,1-11H3,(H,56,57)/t31-,34?,35-,36+,37+,45+,46-,47-,48+/m1/s1. The molecule has 1 aromatic carbocycles. The molecule has 0 aliphatic heterocycles. The molecule has 0 spiro atoms. The maximum absolute atomic E-state index is 15.3. The number of benzene rings is 1. The lowest BCUT2D eigenvalue weighted by Gasteiger charge is -2.72. The first kappa shape index (κ1) is 45.2. The van der Waals surface area contributed by atoms with Crippen molar-refractivity contribution in [1.29, 1.82) is 0 Å². The average Bonchev–Trinajstić information content (AvgIpc) is 3.43. The van der Waals surface area contributed by atoms with Gasteiger partial charge in [-0.15, -0.1) is 0 Å². The van der Waals surface area contributed by atoms with Crippen molar-refractivity contribution in [2.75, 3.05) is 33.7 Å². The van der Waals surface area contributed by atoms with Gasteiger partial charge in [-0.2, -0.15) is 0 Å². The smallest absolute Gasteiger partial charge is 0.309 e. The van der Waals surface area contributed by atoms with Crippen LogP contribution in [0.4, 0.5) is 4.39 Å². The molecule has 10 heteroatoms. The zero-order valence-corrected chi connectivity index (χ0v) is 38.0. The van der Waals surface area contributed by atoms with Crippen molar-refractivity contribution in [2.45, 2.75) is 145 Å². The van der Waals surface area contributed by atoms with Gasteiger partial charge in [0.2, 0.25) is 0 Å². The second-order valence-corrected chi connectivity index (χ2v) is 22.2.